The molecule has 0 spiro atoms. The quantitative estimate of drug-likeness (QED) is 0.501. The molecule has 94 valence electrons. The van der Waals surface area contributed by atoms with E-state index in [1.165, 1.54) is 6.07 Å². The second-order valence-corrected chi connectivity index (χ2v) is 4.17. The first-order chi connectivity index (χ1) is 8.04. The lowest BCUT2D eigenvalue weighted by Crippen LogP contribution is -2.09. The van der Waals surface area contributed by atoms with E-state index in [2.05, 4.69) is 0 Å². The molecule has 0 aromatic heterocycles. The summed E-state index contributed by atoms with van der Waals surface area (Å²) >= 11 is 4.96. The molecule has 5 heteroatoms. The SMILES string of the molecule is CCCCOC(=S)Cc1cc(N)c(F)cc1F. The maximum Gasteiger partial charge on any atom is 0.164 e. The van der Waals surface area contributed by atoms with Gasteiger partial charge in [0.1, 0.15) is 11.6 Å². The fourth-order valence-corrected chi connectivity index (χ4v) is 1.52. The highest BCUT2D eigenvalue weighted by atomic mass is 32.1. The van der Waals surface area contributed by atoms with Crippen molar-refractivity contribution in [3.05, 3.63) is 29.3 Å². The Morgan fingerprint density at radius 1 is 1.35 bits per heavy atom. The summed E-state index contributed by atoms with van der Waals surface area (Å²) in [6, 6.07) is 2.01. The van der Waals surface area contributed by atoms with Gasteiger partial charge >= 0.3 is 0 Å². The van der Waals surface area contributed by atoms with Crippen LogP contribution in [0.1, 0.15) is 25.3 Å². The minimum atomic E-state index is -0.760. The molecule has 0 heterocycles. The van der Waals surface area contributed by atoms with E-state index in [1.807, 2.05) is 6.92 Å². The second kappa shape index (κ2) is 6.49. The number of hydrogen-bond acceptors (Lipinski definition) is 3. The van der Waals surface area contributed by atoms with Crippen LogP contribution in [-0.2, 0) is 11.2 Å². The molecule has 0 bridgehead atoms. The Bertz CT molecular complexity index is 410. The molecule has 0 amide bonds. The van der Waals surface area contributed by atoms with Crippen molar-refractivity contribution in [1.29, 1.82) is 0 Å². The number of thiocarbonyl (C=S) groups is 1. The van der Waals surface area contributed by atoms with Crippen LogP contribution in [0.3, 0.4) is 0 Å². The van der Waals surface area contributed by atoms with Gasteiger partial charge in [0.15, 0.2) is 5.05 Å². The first-order valence-electron chi connectivity index (χ1n) is 5.43. The zero-order valence-electron chi connectivity index (χ0n) is 9.63. The third-order valence-corrected chi connectivity index (χ3v) is 2.52. The maximum atomic E-state index is 13.4. The Kier molecular flexibility index (Phi) is 5.28. The molecule has 0 fully saturated rings. The predicted octanol–water partition coefficient (Wildman–Crippen LogP) is 3.23. The third-order valence-electron chi connectivity index (χ3n) is 2.26. The lowest BCUT2D eigenvalue weighted by Gasteiger charge is -2.08. The van der Waals surface area contributed by atoms with Crippen molar-refractivity contribution in [3.63, 3.8) is 0 Å². The van der Waals surface area contributed by atoms with Gasteiger partial charge in [-0.05, 0) is 30.3 Å². The summed E-state index contributed by atoms with van der Waals surface area (Å²) in [6.45, 7) is 2.56. The summed E-state index contributed by atoms with van der Waals surface area (Å²) in [6.07, 6.45) is 2.03. The maximum absolute atomic E-state index is 13.4. The van der Waals surface area contributed by atoms with Crippen molar-refractivity contribution < 1.29 is 13.5 Å². The Hall–Kier alpha value is -1.23. The molecule has 1 aromatic carbocycles. The van der Waals surface area contributed by atoms with Gasteiger partial charge in [-0.3, -0.25) is 0 Å². The standard InChI is InChI=1S/C12H15F2NOS/c1-2-3-4-16-12(17)6-8-5-11(15)10(14)7-9(8)13/h5,7H,2-4,6,15H2,1H3. The first-order valence-corrected chi connectivity index (χ1v) is 5.84. The highest BCUT2D eigenvalue weighted by molar-refractivity contribution is 7.80. The molecule has 17 heavy (non-hydrogen) atoms. The largest absolute Gasteiger partial charge is 0.487 e. The normalized spacial score (nSPS) is 10.3. The van der Waals surface area contributed by atoms with Gasteiger partial charge < -0.3 is 10.5 Å². The van der Waals surface area contributed by atoms with E-state index in [9.17, 15) is 8.78 Å². The van der Waals surface area contributed by atoms with Crippen molar-refractivity contribution in [3.8, 4) is 0 Å². The number of nitrogen functional groups attached to an aromatic ring is 1. The Balaban J connectivity index is 2.62. The highest BCUT2D eigenvalue weighted by Gasteiger charge is 2.10. The van der Waals surface area contributed by atoms with Crippen LogP contribution >= 0.6 is 12.2 Å². The summed E-state index contributed by atoms with van der Waals surface area (Å²) < 4.78 is 31.5. The second-order valence-electron chi connectivity index (χ2n) is 3.72. The number of anilines is 1. The van der Waals surface area contributed by atoms with E-state index in [0.717, 1.165) is 18.9 Å². The monoisotopic (exact) mass is 259 g/mol. The zero-order valence-corrected chi connectivity index (χ0v) is 10.4. The van der Waals surface area contributed by atoms with Gasteiger partial charge in [0.2, 0.25) is 0 Å². The molecule has 0 aliphatic heterocycles. The number of ether oxygens (including phenoxy) is 1. The van der Waals surface area contributed by atoms with Crippen LogP contribution in [-0.4, -0.2) is 11.7 Å². The topological polar surface area (TPSA) is 35.2 Å². The fourth-order valence-electron chi connectivity index (χ4n) is 1.29. The van der Waals surface area contributed by atoms with Crippen molar-refractivity contribution in [2.24, 2.45) is 0 Å². The third kappa shape index (κ3) is 4.26. The molecule has 0 radical (unpaired) electrons. The average Bonchev–Trinajstić information content (AvgIpc) is 2.26. The minimum absolute atomic E-state index is 0.0854. The van der Waals surface area contributed by atoms with Crippen LogP contribution < -0.4 is 5.73 Å². The van der Waals surface area contributed by atoms with Crippen LogP contribution in [0, 0.1) is 11.6 Å². The van der Waals surface area contributed by atoms with Crippen LogP contribution in [0.25, 0.3) is 0 Å². The first kappa shape index (κ1) is 13.8. The summed E-state index contributed by atoms with van der Waals surface area (Å²) in [7, 11) is 0. The Labute approximate surface area is 105 Å². The van der Waals surface area contributed by atoms with Crippen molar-refractivity contribution in [2.75, 3.05) is 12.3 Å². The average molecular weight is 259 g/mol. The number of rotatable bonds is 5. The van der Waals surface area contributed by atoms with Gasteiger partial charge in [-0.1, -0.05) is 13.3 Å². The van der Waals surface area contributed by atoms with Crippen LogP contribution in [0.4, 0.5) is 14.5 Å². The minimum Gasteiger partial charge on any atom is -0.487 e. The molecule has 0 saturated heterocycles. The number of nitrogens with two attached hydrogens (primary N) is 1. The van der Waals surface area contributed by atoms with Gasteiger partial charge in [-0.15, -0.1) is 0 Å². The molecular weight excluding hydrogens is 244 g/mol. The van der Waals surface area contributed by atoms with Crippen LogP contribution in [0.5, 0.6) is 0 Å². The lowest BCUT2D eigenvalue weighted by molar-refractivity contribution is 0.298. The van der Waals surface area contributed by atoms with E-state index >= 15 is 0 Å². The number of hydrogen-bond donors (Lipinski definition) is 1. The van der Waals surface area contributed by atoms with Crippen LogP contribution in [0.15, 0.2) is 12.1 Å². The number of benzene rings is 1. The number of unbranched alkanes of at least 4 members (excludes halogenated alkanes) is 1. The van der Waals surface area contributed by atoms with Gasteiger partial charge in [-0.2, -0.15) is 0 Å². The molecule has 2 N–H and O–H groups in total. The highest BCUT2D eigenvalue weighted by Crippen LogP contribution is 2.17. The summed E-state index contributed by atoms with van der Waals surface area (Å²) in [5.41, 5.74) is 5.53. The van der Waals surface area contributed by atoms with E-state index in [-0.39, 0.29) is 17.7 Å². The van der Waals surface area contributed by atoms with Crippen molar-refractivity contribution in [1.82, 2.24) is 0 Å². The molecule has 0 unspecified atom stereocenters. The van der Waals surface area contributed by atoms with E-state index < -0.39 is 11.6 Å². The lowest BCUT2D eigenvalue weighted by atomic mass is 10.1. The smallest absolute Gasteiger partial charge is 0.164 e. The van der Waals surface area contributed by atoms with Crippen LogP contribution in [0.2, 0.25) is 0 Å². The van der Waals surface area contributed by atoms with Crippen molar-refractivity contribution >= 4 is 23.0 Å². The zero-order chi connectivity index (χ0) is 12.8. The Morgan fingerprint density at radius 3 is 2.71 bits per heavy atom. The van der Waals surface area contributed by atoms with Crippen molar-refractivity contribution in [2.45, 2.75) is 26.2 Å². The van der Waals surface area contributed by atoms with E-state index in [4.69, 9.17) is 22.7 Å². The summed E-state index contributed by atoms with van der Waals surface area (Å²) in [5.74, 6) is -1.41. The molecule has 0 atom stereocenters. The Morgan fingerprint density at radius 2 is 2.06 bits per heavy atom. The predicted molar refractivity (Wildman–Crippen MR) is 67.9 cm³/mol. The molecule has 0 saturated carbocycles. The van der Waals surface area contributed by atoms with Gasteiger partial charge in [0.05, 0.1) is 12.3 Å². The van der Waals surface area contributed by atoms with E-state index in [0.29, 0.717) is 11.7 Å². The molecule has 1 rings (SSSR count). The molecular formula is C12H15F2NOS. The van der Waals surface area contributed by atoms with E-state index in [1.54, 1.807) is 0 Å². The molecule has 0 aliphatic carbocycles. The fraction of sp³-hybridized carbons (Fsp3) is 0.417. The molecule has 2 nitrogen and oxygen atoms in total. The van der Waals surface area contributed by atoms with Gasteiger partial charge in [0.25, 0.3) is 0 Å². The molecule has 0 aliphatic rings. The van der Waals surface area contributed by atoms with Gasteiger partial charge in [-0.25, -0.2) is 8.78 Å². The molecule has 1 aromatic rings. The van der Waals surface area contributed by atoms with Gasteiger partial charge in [0, 0.05) is 12.5 Å². The summed E-state index contributed by atoms with van der Waals surface area (Å²) in [4.78, 5) is 0. The number of halogens is 2. The summed E-state index contributed by atoms with van der Waals surface area (Å²) in [5, 5.41) is 0.295.